The van der Waals surface area contributed by atoms with Crippen molar-refractivity contribution in [2.24, 2.45) is 0 Å². The van der Waals surface area contributed by atoms with E-state index in [9.17, 15) is 9.18 Å². The molecule has 0 aliphatic heterocycles. The molecule has 0 fully saturated rings. The first kappa shape index (κ1) is 27.4. The third-order valence-electron chi connectivity index (χ3n) is 5.40. The number of nitrogens with one attached hydrogen (secondary N) is 1. The molecule has 0 atom stereocenters. The number of ether oxygens (including phenoxy) is 1. The predicted octanol–water partition coefficient (Wildman–Crippen LogP) is 4.79. The van der Waals surface area contributed by atoms with Gasteiger partial charge in [-0.25, -0.2) is 9.37 Å². The number of aromatic nitrogens is 1. The Morgan fingerprint density at radius 2 is 1.71 bits per heavy atom. The number of aldehydes is 1. The predicted molar refractivity (Wildman–Crippen MR) is 133 cm³/mol. The zero-order valence-electron chi connectivity index (χ0n) is 20.6. The van der Waals surface area contributed by atoms with E-state index < -0.39 is 0 Å². The van der Waals surface area contributed by atoms with Crippen LogP contribution in [0, 0.1) is 12.7 Å². The largest absolute Gasteiger partial charge is 0.441 e. The monoisotopic (exact) mass is 469 g/mol. The van der Waals surface area contributed by atoms with Gasteiger partial charge in [0.05, 0.1) is 6.61 Å². The van der Waals surface area contributed by atoms with Crippen LogP contribution in [0.2, 0.25) is 0 Å². The van der Waals surface area contributed by atoms with E-state index in [4.69, 9.17) is 9.15 Å². The summed E-state index contributed by atoms with van der Waals surface area (Å²) in [5.41, 5.74) is 4.11. The molecule has 3 aromatic rings. The van der Waals surface area contributed by atoms with Crippen molar-refractivity contribution in [1.82, 2.24) is 15.2 Å². The number of oxazole rings is 1. The minimum Gasteiger partial charge on any atom is -0.441 e. The van der Waals surface area contributed by atoms with E-state index in [0.717, 1.165) is 55.9 Å². The van der Waals surface area contributed by atoms with Crippen molar-refractivity contribution in [1.29, 1.82) is 0 Å². The summed E-state index contributed by atoms with van der Waals surface area (Å²) in [6.45, 7) is 10.5. The molecule has 1 aromatic heterocycles. The van der Waals surface area contributed by atoms with Gasteiger partial charge in [0.15, 0.2) is 0 Å². The number of hydrogen-bond donors (Lipinski definition) is 1. The Morgan fingerprint density at radius 1 is 1.06 bits per heavy atom. The average Bonchev–Trinajstić information content (AvgIpc) is 3.23. The van der Waals surface area contributed by atoms with Crippen molar-refractivity contribution < 1.29 is 18.3 Å². The van der Waals surface area contributed by atoms with Crippen LogP contribution in [-0.4, -0.2) is 49.5 Å². The molecular formula is C27H36FN3O3. The van der Waals surface area contributed by atoms with Crippen LogP contribution in [0.5, 0.6) is 0 Å². The van der Waals surface area contributed by atoms with E-state index in [2.05, 4.69) is 41.2 Å². The number of carbonyl (C=O) groups is 1. The van der Waals surface area contributed by atoms with Gasteiger partial charge in [-0.3, -0.25) is 4.90 Å². The molecule has 0 saturated heterocycles. The highest BCUT2D eigenvalue weighted by Crippen LogP contribution is 2.23. The SMILES string of the molecule is CCN(CC)Cc1ccc(-c2nc(COCC=O)c(C)o2)cc1.CNCCc1ccc(F)cc1. The third-order valence-corrected chi connectivity index (χ3v) is 5.40. The standard InChI is InChI=1S/C18H24N2O3.C9H12FN/c1-4-20(5-2)12-15-6-8-16(9-7-15)18-19-17(14(3)23-18)13-22-11-10-21;1-11-7-6-8-2-4-9(10)5-3-8/h6-10H,4-5,11-13H2,1-3H3;2-5,11H,6-7H2,1H3. The Balaban J connectivity index is 0.000000310. The summed E-state index contributed by atoms with van der Waals surface area (Å²) in [7, 11) is 1.91. The first-order valence-electron chi connectivity index (χ1n) is 11.7. The maximum atomic E-state index is 12.4. The van der Waals surface area contributed by atoms with E-state index in [1.165, 1.54) is 23.3 Å². The summed E-state index contributed by atoms with van der Waals surface area (Å²) in [4.78, 5) is 17.1. The van der Waals surface area contributed by atoms with E-state index >= 15 is 0 Å². The lowest BCUT2D eigenvalue weighted by molar-refractivity contribution is -0.112. The molecule has 0 bridgehead atoms. The smallest absolute Gasteiger partial charge is 0.226 e. The van der Waals surface area contributed by atoms with Crippen LogP contribution in [-0.2, 0) is 29.1 Å². The van der Waals surface area contributed by atoms with E-state index in [0.29, 0.717) is 5.89 Å². The van der Waals surface area contributed by atoms with Crippen LogP contribution < -0.4 is 5.32 Å². The third kappa shape index (κ3) is 9.17. The van der Waals surface area contributed by atoms with Crippen LogP contribution in [0.3, 0.4) is 0 Å². The number of carbonyl (C=O) groups excluding carboxylic acids is 1. The van der Waals surface area contributed by atoms with Gasteiger partial charge in [-0.2, -0.15) is 0 Å². The molecule has 0 aliphatic rings. The molecule has 0 saturated carbocycles. The van der Waals surface area contributed by atoms with Gasteiger partial charge in [-0.15, -0.1) is 0 Å². The fourth-order valence-corrected chi connectivity index (χ4v) is 3.27. The Hall–Kier alpha value is -2.87. The second-order valence-electron chi connectivity index (χ2n) is 7.84. The van der Waals surface area contributed by atoms with Crippen LogP contribution >= 0.6 is 0 Å². The van der Waals surface area contributed by atoms with Crippen molar-refractivity contribution >= 4 is 6.29 Å². The summed E-state index contributed by atoms with van der Waals surface area (Å²) >= 11 is 0. The van der Waals surface area contributed by atoms with Crippen molar-refractivity contribution in [3.63, 3.8) is 0 Å². The Labute approximate surface area is 202 Å². The Bertz CT molecular complexity index is 968. The van der Waals surface area contributed by atoms with Gasteiger partial charge in [-0.1, -0.05) is 38.1 Å². The van der Waals surface area contributed by atoms with Crippen LogP contribution in [0.1, 0.15) is 36.4 Å². The highest BCUT2D eigenvalue weighted by molar-refractivity contribution is 5.54. The Kier molecular flexibility index (Phi) is 12.2. The molecule has 2 aromatic carbocycles. The maximum Gasteiger partial charge on any atom is 0.226 e. The summed E-state index contributed by atoms with van der Waals surface area (Å²) < 4.78 is 23.3. The second kappa shape index (κ2) is 15.1. The van der Waals surface area contributed by atoms with Gasteiger partial charge in [0, 0.05) is 12.1 Å². The van der Waals surface area contributed by atoms with Gasteiger partial charge < -0.3 is 19.3 Å². The minimum atomic E-state index is -0.168. The van der Waals surface area contributed by atoms with Crippen molar-refractivity contribution in [3.05, 3.63) is 76.9 Å². The molecule has 0 spiro atoms. The van der Waals surface area contributed by atoms with Crippen molar-refractivity contribution in [2.75, 3.05) is 33.3 Å². The molecule has 0 amide bonds. The maximum absolute atomic E-state index is 12.4. The molecule has 7 heteroatoms. The summed E-state index contributed by atoms with van der Waals surface area (Å²) in [6.07, 6.45) is 1.68. The number of benzene rings is 2. The molecule has 1 heterocycles. The van der Waals surface area contributed by atoms with Crippen molar-refractivity contribution in [2.45, 2.75) is 40.3 Å². The lowest BCUT2D eigenvalue weighted by atomic mass is 10.1. The molecule has 0 radical (unpaired) electrons. The van der Waals surface area contributed by atoms with Gasteiger partial charge in [0.25, 0.3) is 0 Å². The quantitative estimate of drug-likeness (QED) is 0.304. The van der Waals surface area contributed by atoms with Gasteiger partial charge in [0.1, 0.15) is 30.2 Å². The van der Waals surface area contributed by atoms with Crippen molar-refractivity contribution in [3.8, 4) is 11.5 Å². The topological polar surface area (TPSA) is 67.6 Å². The fraction of sp³-hybridized carbons (Fsp3) is 0.407. The molecule has 3 rings (SSSR count). The Morgan fingerprint density at radius 3 is 2.29 bits per heavy atom. The fourth-order valence-electron chi connectivity index (χ4n) is 3.27. The molecule has 6 nitrogen and oxygen atoms in total. The summed E-state index contributed by atoms with van der Waals surface area (Å²) in [5.74, 6) is 1.14. The average molecular weight is 470 g/mol. The number of halogens is 1. The first-order valence-corrected chi connectivity index (χ1v) is 11.7. The van der Waals surface area contributed by atoms with Gasteiger partial charge in [0.2, 0.25) is 5.89 Å². The molecule has 34 heavy (non-hydrogen) atoms. The van der Waals surface area contributed by atoms with Gasteiger partial charge in [-0.05, 0) is 75.4 Å². The number of nitrogens with zero attached hydrogens (tertiary/aromatic N) is 2. The normalized spacial score (nSPS) is 10.8. The van der Waals surface area contributed by atoms with E-state index in [1.54, 1.807) is 0 Å². The molecule has 1 N–H and O–H groups in total. The highest BCUT2D eigenvalue weighted by atomic mass is 19.1. The van der Waals surface area contributed by atoms with E-state index in [-0.39, 0.29) is 19.0 Å². The lowest BCUT2D eigenvalue weighted by Gasteiger charge is -2.17. The number of likely N-dealkylation sites (N-methyl/N-ethyl adjacent to an activating group) is 1. The highest BCUT2D eigenvalue weighted by Gasteiger charge is 2.12. The van der Waals surface area contributed by atoms with Crippen LogP contribution in [0.25, 0.3) is 11.5 Å². The van der Waals surface area contributed by atoms with Gasteiger partial charge >= 0.3 is 0 Å². The zero-order valence-corrected chi connectivity index (χ0v) is 20.6. The molecule has 184 valence electrons. The second-order valence-corrected chi connectivity index (χ2v) is 7.84. The van der Waals surface area contributed by atoms with E-state index in [1.807, 2.05) is 38.2 Å². The first-order chi connectivity index (χ1) is 16.5. The molecule has 0 aliphatic carbocycles. The number of hydrogen-bond acceptors (Lipinski definition) is 6. The number of aryl methyl sites for hydroxylation is 1. The summed E-state index contributed by atoms with van der Waals surface area (Å²) in [6, 6.07) is 14.9. The lowest BCUT2D eigenvalue weighted by Crippen LogP contribution is -2.21. The summed E-state index contributed by atoms with van der Waals surface area (Å²) in [5, 5.41) is 3.04. The minimum absolute atomic E-state index is 0.0711. The molecular weight excluding hydrogens is 433 g/mol. The van der Waals surface area contributed by atoms with Crippen LogP contribution in [0.15, 0.2) is 52.9 Å². The molecule has 0 unspecified atom stereocenters. The zero-order chi connectivity index (χ0) is 24.8. The van der Waals surface area contributed by atoms with Crippen LogP contribution in [0.4, 0.5) is 4.39 Å². The number of rotatable bonds is 12.